The number of rotatable bonds is 4. The number of carbonyl (C=O) groups is 1. The van der Waals surface area contributed by atoms with Crippen LogP contribution in [0.4, 0.5) is 4.39 Å². The maximum atomic E-state index is 13.5. The highest BCUT2D eigenvalue weighted by Gasteiger charge is 2.25. The van der Waals surface area contributed by atoms with Gasteiger partial charge >= 0.3 is 0 Å². The van der Waals surface area contributed by atoms with E-state index in [0.29, 0.717) is 11.8 Å². The summed E-state index contributed by atoms with van der Waals surface area (Å²) in [5.74, 6) is -0.504. The Kier molecular flexibility index (Phi) is 4.35. The SMILES string of the molecule is CC1(C)CCN(CCC(=O)c2ccccc2F)CC1. The molecule has 104 valence electrons. The minimum atomic E-state index is -0.410. The number of halogens is 1. The van der Waals surface area contributed by atoms with Crippen molar-refractivity contribution >= 4 is 5.78 Å². The molecule has 1 aliphatic heterocycles. The Hall–Kier alpha value is -1.22. The Morgan fingerprint density at radius 1 is 1.26 bits per heavy atom. The van der Waals surface area contributed by atoms with E-state index < -0.39 is 5.82 Å². The van der Waals surface area contributed by atoms with E-state index in [9.17, 15) is 9.18 Å². The number of carbonyl (C=O) groups excluding carboxylic acids is 1. The maximum Gasteiger partial charge on any atom is 0.167 e. The number of benzene rings is 1. The first kappa shape index (κ1) is 14.2. The van der Waals surface area contributed by atoms with E-state index in [4.69, 9.17) is 0 Å². The summed E-state index contributed by atoms with van der Waals surface area (Å²) in [6, 6.07) is 6.23. The summed E-state index contributed by atoms with van der Waals surface area (Å²) in [6.07, 6.45) is 2.74. The van der Waals surface area contributed by atoms with Crippen LogP contribution in [0.25, 0.3) is 0 Å². The molecule has 0 aromatic heterocycles. The maximum absolute atomic E-state index is 13.5. The smallest absolute Gasteiger partial charge is 0.167 e. The topological polar surface area (TPSA) is 20.3 Å². The van der Waals surface area contributed by atoms with Crippen LogP contribution in [0.15, 0.2) is 24.3 Å². The van der Waals surface area contributed by atoms with Gasteiger partial charge in [-0.05, 0) is 43.5 Å². The van der Waals surface area contributed by atoms with Crippen LogP contribution in [0.5, 0.6) is 0 Å². The number of piperidine rings is 1. The van der Waals surface area contributed by atoms with Gasteiger partial charge in [-0.15, -0.1) is 0 Å². The van der Waals surface area contributed by atoms with Gasteiger partial charge in [-0.2, -0.15) is 0 Å². The number of likely N-dealkylation sites (tertiary alicyclic amines) is 1. The Bertz CT molecular complexity index is 446. The summed E-state index contributed by atoms with van der Waals surface area (Å²) >= 11 is 0. The van der Waals surface area contributed by atoms with E-state index in [0.717, 1.165) is 19.6 Å². The van der Waals surface area contributed by atoms with E-state index in [2.05, 4.69) is 18.7 Å². The fraction of sp³-hybridized carbons (Fsp3) is 0.562. The molecule has 0 atom stereocenters. The van der Waals surface area contributed by atoms with Gasteiger partial charge in [0, 0.05) is 13.0 Å². The molecule has 0 spiro atoms. The van der Waals surface area contributed by atoms with Crippen LogP contribution in [0.1, 0.15) is 43.5 Å². The molecule has 0 N–H and O–H groups in total. The molecule has 1 aromatic rings. The molecular weight excluding hydrogens is 241 g/mol. The second-order valence-electron chi connectivity index (χ2n) is 6.16. The zero-order chi connectivity index (χ0) is 13.9. The molecule has 2 nitrogen and oxygen atoms in total. The number of ketones is 1. The van der Waals surface area contributed by atoms with E-state index in [1.54, 1.807) is 18.2 Å². The minimum absolute atomic E-state index is 0.0945. The van der Waals surface area contributed by atoms with Crippen LogP contribution in [0, 0.1) is 11.2 Å². The molecule has 0 bridgehead atoms. The lowest BCUT2D eigenvalue weighted by Gasteiger charge is -2.36. The molecule has 1 fully saturated rings. The van der Waals surface area contributed by atoms with Gasteiger partial charge in [0.1, 0.15) is 5.82 Å². The lowest BCUT2D eigenvalue weighted by atomic mass is 9.82. The molecule has 1 aliphatic rings. The molecule has 0 saturated carbocycles. The molecule has 0 unspecified atom stereocenters. The van der Waals surface area contributed by atoms with Crippen molar-refractivity contribution in [2.24, 2.45) is 5.41 Å². The summed E-state index contributed by atoms with van der Waals surface area (Å²) < 4.78 is 13.5. The number of nitrogens with zero attached hydrogens (tertiary/aromatic N) is 1. The molecular formula is C16H22FNO. The Balaban J connectivity index is 1.83. The first-order valence-electron chi connectivity index (χ1n) is 6.98. The third-order valence-corrected chi connectivity index (χ3v) is 4.04. The molecule has 1 saturated heterocycles. The number of hydrogen-bond donors (Lipinski definition) is 0. The average molecular weight is 263 g/mol. The Labute approximate surface area is 114 Å². The fourth-order valence-corrected chi connectivity index (χ4v) is 2.46. The molecule has 19 heavy (non-hydrogen) atoms. The molecule has 0 aliphatic carbocycles. The van der Waals surface area contributed by atoms with Gasteiger partial charge in [-0.1, -0.05) is 26.0 Å². The predicted molar refractivity (Wildman–Crippen MR) is 74.8 cm³/mol. The highest BCUT2D eigenvalue weighted by Crippen LogP contribution is 2.29. The lowest BCUT2D eigenvalue weighted by molar-refractivity contribution is 0.0923. The largest absolute Gasteiger partial charge is 0.303 e. The second-order valence-corrected chi connectivity index (χ2v) is 6.16. The van der Waals surface area contributed by atoms with Gasteiger partial charge in [0.05, 0.1) is 5.56 Å². The summed E-state index contributed by atoms with van der Waals surface area (Å²) in [5.41, 5.74) is 0.645. The van der Waals surface area contributed by atoms with Crippen molar-refractivity contribution in [3.8, 4) is 0 Å². The van der Waals surface area contributed by atoms with E-state index in [-0.39, 0.29) is 11.3 Å². The molecule has 0 radical (unpaired) electrons. The molecule has 3 heteroatoms. The quantitative estimate of drug-likeness (QED) is 0.775. The van der Waals surface area contributed by atoms with Crippen molar-refractivity contribution in [3.05, 3.63) is 35.6 Å². The summed E-state index contributed by atoms with van der Waals surface area (Å²) in [6.45, 7) is 7.39. The predicted octanol–water partition coefficient (Wildman–Crippen LogP) is 3.52. The standard InChI is InChI=1S/C16H22FNO/c1-16(2)8-11-18(12-9-16)10-7-15(19)13-5-3-4-6-14(13)17/h3-6H,7-12H2,1-2H3. The third-order valence-electron chi connectivity index (χ3n) is 4.04. The fourth-order valence-electron chi connectivity index (χ4n) is 2.46. The van der Waals surface area contributed by atoms with Crippen LogP contribution in [0.3, 0.4) is 0 Å². The monoisotopic (exact) mass is 263 g/mol. The normalized spacial score (nSPS) is 19.3. The van der Waals surface area contributed by atoms with Gasteiger partial charge < -0.3 is 4.90 Å². The highest BCUT2D eigenvalue weighted by atomic mass is 19.1. The zero-order valence-corrected chi connectivity index (χ0v) is 11.8. The van der Waals surface area contributed by atoms with Gasteiger partial charge in [0.15, 0.2) is 5.78 Å². The highest BCUT2D eigenvalue weighted by molar-refractivity contribution is 5.96. The third kappa shape index (κ3) is 3.87. The molecule has 0 amide bonds. The summed E-state index contributed by atoms with van der Waals surface area (Å²) in [7, 11) is 0. The van der Waals surface area contributed by atoms with Gasteiger partial charge in [-0.25, -0.2) is 4.39 Å². The van der Waals surface area contributed by atoms with Crippen molar-refractivity contribution in [2.75, 3.05) is 19.6 Å². The van der Waals surface area contributed by atoms with E-state index in [1.165, 1.54) is 18.9 Å². The van der Waals surface area contributed by atoms with Crippen LogP contribution in [-0.4, -0.2) is 30.3 Å². The van der Waals surface area contributed by atoms with E-state index in [1.807, 2.05) is 0 Å². The van der Waals surface area contributed by atoms with Crippen LogP contribution in [0.2, 0.25) is 0 Å². The lowest BCUT2D eigenvalue weighted by Crippen LogP contribution is -2.38. The van der Waals surface area contributed by atoms with Crippen molar-refractivity contribution in [1.82, 2.24) is 4.90 Å². The minimum Gasteiger partial charge on any atom is -0.303 e. The van der Waals surface area contributed by atoms with Crippen molar-refractivity contribution in [3.63, 3.8) is 0 Å². The van der Waals surface area contributed by atoms with Crippen LogP contribution >= 0.6 is 0 Å². The molecule has 1 heterocycles. The first-order chi connectivity index (χ1) is 8.98. The van der Waals surface area contributed by atoms with Crippen molar-refractivity contribution < 1.29 is 9.18 Å². The van der Waals surface area contributed by atoms with E-state index >= 15 is 0 Å². The van der Waals surface area contributed by atoms with Crippen molar-refractivity contribution in [1.29, 1.82) is 0 Å². The summed E-state index contributed by atoms with van der Waals surface area (Å²) in [5, 5.41) is 0. The van der Waals surface area contributed by atoms with Gasteiger partial charge in [-0.3, -0.25) is 4.79 Å². The summed E-state index contributed by atoms with van der Waals surface area (Å²) in [4.78, 5) is 14.3. The van der Waals surface area contributed by atoms with Gasteiger partial charge in [0.2, 0.25) is 0 Å². The van der Waals surface area contributed by atoms with Crippen LogP contribution < -0.4 is 0 Å². The average Bonchev–Trinajstić information content (AvgIpc) is 2.38. The Morgan fingerprint density at radius 3 is 2.53 bits per heavy atom. The van der Waals surface area contributed by atoms with Crippen molar-refractivity contribution in [2.45, 2.75) is 33.1 Å². The second kappa shape index (κ2) is 5.83. The Morgan fingerprint density at radius 2 is 1.89 bits per heavy atom. The number of Topliss-reactive ketones (excluding diaryl/α,β-unsaturated/α-hetero) is 1. The zero-order valence-electron chi connectivity index (χ0n) is 11.8. The van der Waals surface area contributed by atoms with Crippen LogP contribution in [-0.2, 0) is 0 Å². The van der Waals surface area contributed by atoms with Gasteiger partial charge in [0.25, 0.3) is 0 Å². The molecule has 2 rings (SSSR count). The first-order valence-corrected chi connectivity index (χ1v) is 6.98. The number of hydrogen-bond acceptors (Lipinski definition) is 2. The molecule has 1 aromatic carbocycles.